The summed E-state index contributed by atoms with van der Waals surface area (Å²) in [4.78, 5) is 11.7. The number of carbonyl (C=O) groups is 1. The van der Waals surface area contributed by atoms with Crippen LogP contribution in [-0.4, -0.2) is 42.9 Å². The fourth-order valence-corrected chi connectivity index (χ4v) is 2.20. The highest BCUT2D eigenvalue weighted by molar-refractivity contribution is 6.30. The van der Waals surface area contributed by atoms with Crippen LogP contribution in [0.15, 0.2) is 24.3 Å². The standard InChI is InChI=1S/C14H19ClN2O3/c15-11-1-3-12(4-2-11)17-13(18)9-16-10-14(19)5-7-20-8-6-14/h1-4,16,19H,5-10H2,(H,17,18). The summed E-state index contributed by atoms with van der Waals surface area (Å²) in [6.45, 7) is 1.68. The highest BCUT2D eigenvalue weighted by atomic mass is 35.5. The first-order valence-electron chi connectivity index (χ1n) is 6.64. The van der Waals surface area contributed by atoms with Gasteiger partial charge < -0.3 is 20.5 Å². The van der Waals surface area contributed by atoms with Crippen molar-refractivity contribution in [3.05, 3.63) is 29.3 Å². The molecule has 1 amide bonds. The molecule has 1 saturated heterocycles. The lowest BCUT2D eigenvalue weighted by Gasteiger charge is -2.32. The van der Waals surface area contributed by atoms with Crippen molar-refractivity contribution in [1.82, 2.24) is 5.32 Å². The Bertz CT molecular complexity index is 444. The molecule has 5 nitrogen and oxygen atoms in total. The van der Waals surface area contributed by atoms with Gasteiger partial charge in [-0.1, -0.05) is 11.6 Å². The van der Waals surface area contributed by atoms with E-state index in [1.165, 1.54) is 0 Å². The van der Waals surface area contributed by atoms with Crippen LogP contribution >= 0.6 is 11.6 Å². The molecule has 6 heteroatoms. The fraction of sp³-hybridized carbons (Fsp3) is 0.500. The first-order chi connectivity index (χ1) is 9.57. The number of halogens is 1. The number of hydrogen-bond donors (Lipinski definition) is 3. The van der Waals surface area contributed by atoms with E-state index < -0.39 is 5.60 Å². The predicted octanol–water partition coefficient (Wildman–Crippen LogP) is 1.41. The molecule has 20 heavy (non-hydrogen) atoms. The van der Waals surface area contributed by atoms with Gasteiger partial charge in [0.1, 0.15) is 0 Å². The van der Waals surface area contributed by atoms with Crippen LogP contribution < -0.4 is 10.6 Å². The van der Waals surface area contributed by atoms with Crippen LogP contribution in [0.1, 0.15) is 12.8 Å². The quantitative estimate of drug-likeness (QED) is 0.769. The number of nitrogens with one attached hydrogen (secondary N) is 2. The number of anilines is 1. The molecule has 1 aromatic rings. The Morgan fingerprint density at radius 3 is 2.60 bits per heavy atom. The molecule has 1 heterocycles. The third-order valence-corrected chi connectivity index (χ3v) is 3.54. The molecule has 110 valence electrons. The summed E-state index contributed by atoms with van der Waals surface area (Å²) < 4.78 is 5.20. The Labute approximate surface area is 123 Å². The van der Waals surface area contributed by atoms with Crippen LogP contribution in [0.3, 0.4) is 0 Å². The Morgan fingerprint density at radius 2 is 1.95 bits per heavy atom. The summed E-state index contributed by atoms with van der Waals surface area (Å²) in [5, 5.41) is 16.6. The summed E-state index contributed by atoms with van der Waals surface area (Å²) in [6.07, 6.45) is 1.19. The number of ether oxygens (including phenoxy) is 1. The molecule has 0 spiro atoms. The topological polar surface area (TPSA) is 70.6 Å². The number of carbonyl (C=O) groups excluding carboxylic acids is 1. The van der Waals surface area contributed by atoms with Crippen molar-refractivity contribution in [2.45, 2.75) is 18.4 Å². The average molecular weight is 299 g/mol. The molecule has 1 fully saturated rings. The fourth-order valence-electron chi connectivity index (χ4n) is 2.08. The number of benzene rings is 1. The average Bonchev–Trinajstić information content (AvgIpc) is 2.42. The molecule has 0 aromatic heterocycles. The lowest BCUT2D eigenvalue weighted by Crippen LogP contribution is -2.46. The van der Waals surface area contributed by atoms with Crippen LogP contribution in [0.2, 0.25) is 5.02 Å². The second kappa shape index (κ2) is 7.04. The molecule has 0 aliphatic carbocycles. The van der Waals surface area contributed by atoms with Crippen molar-refractivity contribution in [3.63, 3.8) is 0 Å². The molecular formula is C14H19ClN2O3. The lowest BCUT2D eigenvalue weighted by molar-refractivity contribution is -0.115. The van der Waals surface area contributed by atoms with Gasteiger partial charge in [0.25, 0.3) is 0 Å². The first kappa shape index (κ1) is 15.3. The van der Waals surface area contributed by atoms with E-state index in [1.54, 1.807) is 24.3 Å². The van der Waals surface area contributed by atoms with Crippen molar-refractivity contribution in [2.24, 2.45) is 0 Å². The summed E-state index contributed by atoms with van der Waals surface area (Å²) in [7, 11) is 0. The molecule has 0 atom stereocenters. The van der Waals surface area contributed by atoms with Crippen LogP contribution in [0, 0.1) is 0 Å². The Kier molecular flexibility index (Phi) is 5.37. The Morgan fingerprint density at radius 1 is 1.30 bits per heavy atom. The summed E-state index contributed by atoms with van der Waals surface area (Å²) in [5.41, 5.74) is -0.0651. The van der Waals surface area contributed by atoms with E-state index >= 15 is 0 Å². The molecule has 1 aliphatic rings. The number of hydrogen-bond acceptors (Lipinski definition) is 4. The molecule has 0 saturated carbocycles. The van der Waals surface area contributed by atoms with Crippen molar-refractivity contribution < 1.29 is 14.6 Å². The molecule has 1 aromatic carbocycles. The van der Waals surface area contributed by atoms with E-state index in [2.05, 4.69) is 10.6 Å². The van der Waals surface area contributed by atoms with Gasteiger partial charge in [0.15, 0.2) is 0 Å². The summed E-state index contributed by atoms with van der Waals surface area (Å²) in [6, 6.07) is 6.92. The smallest absolute Gasteiger partial charge is 0.238 e. The third kappa shape index (κ3) is 4.76. The molecule has 0 radical (unpaired) electrons. The molecule has 0 unspecified atom stereocenters. The maximum Gasteiger partial charge on any atom is 0.238 e. The largest absolute Gasteiger partial charge is 0.388 e. The Hall–Kier alpha value is -1.14. The van der Waals surface area contributed by atoms with Gasteiger partial charge >= 0.3 is 0 Å². The minimum atomic E-state index is -0.765. The highest BCUT2D eigenvalue weighted by Gasteiger charge is 2.29. The molecule has 3 N–H and O–H groups in total. The highest BCUT2D eigenvalue weighted by Crippen LogP contribution is 2.19. The monoisotopic (exact) mass is 298 g/mol. The van der Waals surface area contributed by atoms with E-state index in [4.69, 9.17) is 16.3 Å². The molecular weight excluding hydrogens is 280 g/mol. The third-order valence-electron chi connectivity index (χ3n) is 3.29. The van der Waals surface area contributed by atoms with Crippen molar-refractivity contribution >= 4 is 23.2 Å². The van der Waals surface area contributed by atoms with Gasteiger partial charge in [-0.15, -0.1) is 0 Å². The minimum Gasteiger partial charge on any atom is -0.388 e. The van der Waals surface area contributed by atoms with Gasteiger partial charge in [-0.05, 0) is 24.3 Å². The number of amides is 1. The second-order valence-electron chi connectivity index (χ2n) is 5.00. The number of rotatable bonds is 5. The van der Waals surface area contributed by atoms with E-state index in [9.17, 15) is 9.90 Å². The van der Waals surface area contributed by atoms with Gasteiger partial charge in [0.05, 0.1) is 12.1 Å². The zero-order valence-electron chi connectivity index (χ0n) is 11.2. The first-order valence-corrected chi connectivity index (χ1v) is 7.01. The van der Waals surface area contributed by atoms with Crippen LogP contribution in [0.5, 0.6) is 0 Å². The summed E-state index contributed by atoms with van der Waals surface area (Å²) in [5.74, 6) is -0.150. The SMILES string of the molecule is O=C(CNCC1(O)CCOCC1)Nc1ccc(Cl)cc1. The zero-order chi connectivity index (χ0) is 14.4. The van der Waals surface area contributed by atoms with Gasteiger partial charge in [-0.3, -0.25) is 4.79 Å². The second-order valence-corrected chi connectivity index (χ2v) is 5.43. The van der Waals surface area contributed by atoms with Crippen LogP contribution in [0.4, 0.5) is 5.69 Å². The van der Waals surface area contributed by atoms with Crippen molar-refractivity contribution in [2.75, 3.05) is 31.6 Å². The molecule has 0 bridgehead atoms. The van der Waals surface area contributed by atoms with Crippen LogP contribution in [-0.2, 0) is 9.53 Å². The van der Waals surface area contributed by atoms with Gasteiger partial charge in [0, 0.05) is 43.3 Å². The number of aliphatic hydroxyl groups is 1. The maximum absolute atomic E-state index is 11.7. The minimum absolute atomic E-state index is 0.150. The van der Waals surface area contributed by atoms with Crippen molar-refractivity contribution in [1.29, 1.82) is 0 Å². The Balaban J connectivity index is 1.71. The normalized spacial score (nSPS) is 17.7. The molecule has 1 aliphatic heterocycles. The maximum atomic E-state index is 11.7. The van der Waals surface area contributed by atoms with Crippen LogP contribution in [0.25, 0.3) is 0 Å². The zero-order valence-corrected chi connectivity index (χ0v) is 11.9. The van der Waals surface area contributed by atoms with Gasteiger partial charge in [0.2, 0.25) is 5.91 Å². The van der Waals surface area contributed by atoms with E-state index in [0.29, 0.717) is 43.3 Å². The molecule has 2 rings (SSSR count). The van der Waals surface area contributed by atoms with Gasteiger partial charge in [-0.2, -0.15) is 0 Å². The van der Waals surface area contributed by atoms with Gasteiger partial charge in [-0.25, -0.2) is 0 Å². The van der Waals surface area contributed by atoms with E-state index in [0.717, 1.165) is 0 Å². The van der Waals surface area contributed by atoms with E-state index in [-0.39, 0.29) is 12.5 Å². The van der Waals surface area contributed by atoms with Crippen molar-refractivity contribution in [3.8, 4) is 0 Å². The lowest BCUT2D eigenvalue weighted by atomic mass is 9.94. The van der Waals surface area contributed by atoms with E-state index in [1.807, 2.05) is 0 Å². The predicted molar refractivity (Wildman–Crippen MR) is 78.0 cm³/mol. The summed E-state index contributed by atoms with van der Waals surface area (Å²) >= 11 is 5.77.